The Bertz CT molecular complexity index is 238. The van der Waals surface area contributed by atoms with Crippen molar-refractivity contribution < 1.29 is 8.42 Å². The summed E-state index contributed by atoms with van der Waals surface area (Å²) in [4.78, 5) is 0. The largest absolute Gasteiger partial charge is 0.235 e. The van der Waals surface area contributed by atoms with Gasteiger partial charge in [-0.2, -0.15) is 0 Å². The molecule has 0 spiro atoms. The van der Waals surface area contributed by atoms with Gasteiger partial charge in [-0.1, -0.05) is 33.9 Å². The molecule has 2 N–H and O–H groups in total. The Labute approximate surface area is 69.7 Å². The quantitative estimate of drug-likeness (QED) is 0.641. The summed E-state index contributed by atoms with van der Waals surface area (Å²) < 4.78 is 22.3. The first-order chi connectivity index (χ1) is 4.50. The van der Waals surface area contributed by atoms with E-state index in [4.69, 9.17) is 5.14 Å². The van der Waals surface area contributed by atoms with Crippen LogP contribution in [0.5, 0.6) is 0 Å². The van der Waals surface area contributed by atoms with Crippen LogP contribution in [-0.4, -0.2) is 15.6 Å². The van der Waals surface area contributed by atoms with E-state index in [2.05, 4.69) is 0 Å². The summed E-state index contributed by atoms with van der Waals surface area (Å²) in [5, 5.41) is 4.94. The molecule has 0 atom stereocenters. The van der Waals surface area contributed by atoms with Crippen LogP contribution in [0.1, 0.15) is 20.8 Å². The fourth-order valence-electron chi connectivity index (χ4n) is 0.427. The van der Waals surface area contributed by atoms with E-state index in [1.165, 1.54) is 0 Å². The van der Waals surface area contributed by atoms with Crippen LogP contribution in [0.25, 0.3) is 0 Å². The summed E-state index contributed by atoms with van der Waals surface area (Å²) in [7, 11) is -5.68. The number of rotatable bonds is 1. The molecule has 0 amide bonds. The van der Waals surface area contributed by atoms with Crippen LogP contribution >= 0.6 is 0 Å². The summed E-state index contributed by atoms with van der Waals surface area (Å²) >= 11 is 0. The SMILES string of the molecule is CC(C)(C)[Si](C)(C)S(N)(=O)=O. The van der Waals surface area contributed by atoms with Crippen LogP contribution < -0.4 is 5.14 Å². The van der Waals surface area contributed by atoms with Crippen molar-refractivity contribution in [2.45, 2.75) is 38.9 Å². The van der Waals surface area contributed by atoms with Crippen molar-refractivity contribution in [1.82, 2.24) is 0 Å². The topological polar surface area (TPSA) is 60.2 Å². The van der Waals surface area contributed by atoms with Crippen LogP contribution in [0.4, 0.5) is 0 Å². The van der Waals surface area contributed by atoms with Gasteiger partial charge in [0.2, 0.25) is 7.22 Å². The standard InChI is InChI=1S/C6H17NO2SSi/c1-6(2,3)11(4,5)10(7,8)9/h1-5H3,(H2,7,8,9). The maximum absolute atomic E-state index is 11.1. The molecule has 0 saturated carbocycles. The predicted molar refractivity (Wildman–Crippen MR) is 50.3 cm³/mol. The van der Waals surface area contributed by atoms with Crippen LogP contribution in [0.15, 0.2) is 0 Å². The van der Waals surface area contributed by atoms with Crippen LogP contribution in [0, 0.1) is 0 Å². The molecule has 0 fully saturated rings. The van der Waals surface area contributed by atoms with Gasteiger partial charge in [0.25, 0.3) is 0 Å². The van der Waals surface area contributed by atoms with Gasteiger partial charge in [0.15, 0.2) is 9.47 Å². The number of hydrogen-bond donors (Lipinski definition) is 1. The van der Waals surface area contributed by atoms with Gasteiger partial charge in [-0.15, -0.1) is 0 Å². The molecule has 11 heavy (non-hydrogen) atoms. The van der Waals surface area contributed by atoms with Crippen molar-refractivity contribution in [2.75, 3.05) is 0 Å². The molecule has 0 aromatic rings. The molecule has 68 valence electrons. The van der Waals surface area contributed by atoms with Crippen LogP contribution in [0.2, 0.25) is 18.1 Å². The number of nitrogens with two attached hydrogens (primary N) is 1. The number of hydrogen-bond acceptors (Lipinski definition) is 2. The molecule has 5 heteroatoms. The van der Waals surface area contributed by atoms with Crippen LogP contribution in [-0.2, 0) is 9.47 Å². The van der Waals surface area contributed by atoms with Gasteiger partial charge in [0, 0.05) is 0 Å². The van der Waals surface area contributed by atoms with E-state index in [1.54, 1.807) is 13.1 Å². The maximum atomic E-state index is 11.1. The second-order valence-corrected chi connectivity index (χ2v) is 14.7. The molecule has 0 saturated heterocycles. The highest BCUT2D eigenvalue weighted by Crippen LogP contribution is 2.38. The van der Waals surface area contributed by atoms with Crippen molar-refractivity contribution in [1.29, 1.82) is 0 Å². The molecule has 0 bridgehead atoms. The Hall–Kier alpha value is 0.127. The minimum atomic E-state index is -3.32. The van der Waals surface area contributed by atoms with Gasteiger partial charge >= 0.3 is 0 Å². The summed E-state index contributed by atoms with van der Waals surface area (Å²) in [6.07, 6.45) is 0. The minimum Gasteiger partial charge on any atom is -0.235 e. The van der Waals surface area contributed by atoms with E-state index in [1.807, 2.05) is 20.8 Å². The van der Waals surface area contributed by atoms with E-state index in [0.717, 1.165) is 0 Å². The second-order valence-electron chi connectivity index (χ2n) is 4.31. The van der Waals surface area contributed by atoms with Crippen molar-refractivity contribution >= 4 is 16.7 Å². The van der Waals surface area contributed by atoms with Gasteiger partial charge < -0.3 is 0 Å². The van der Waals surface area contributed by atoms with Gasteiger partial charge in [0.05, 0.1) is 0 Å². The molecule has 0 aromatic carbocycles. The van der Waals surface area contributed by atoms with E-state index in [9.17, 15) is 8.42 Å². The summed E-state index contributed by atoms with van der Waals surface area (Å²) in [6.45, 7) is 9.32. The third-order valence-corrected chi connectivity index (χ3v) is 13.7. The van der Waals surface area contributed by atoms with E-state index in [0.29, 0.717) is 0 Å². The molecule has 0 aliphatic carbocycles. The van der Waals surface area contributed by atoms with Crippen molar-refractivity contribution in [2.24, 2.45) is 5.14 Å². The smallest absolute Gasteiger partial charge is 0.213 e. The van der Waals surface area contributed by atoms with E-state index in [-0.39, 0.29) is 5.04 Å². The molecule has 0 aromatic heterocycles. The molecular weight excluding hydrogens is 178 g/mol. The molecule has 0 aliphatic heterocycles. The van der Waals surface area contributed by atoms with Gasteiger partial charge in [0.1, 0.15) is 0 Å². The summed E-state index contributed by atoms with van der Waals surface area (Å²) in [6, 6.07) is 0. The molecule has 0 aliphatic rings. The van der Waals surface area contributed by atoms with Crippen LogP contribution in [0.3, 0.4) is 0 Å². The first-order valence-electron chi connectivity index (χ1n) is 3.52. The fourth-order valence-corrected chi connectivity index (χ4v) is 3.84. The fraction of sp³-hybridized carbons (Fsp3) is 1.00. The van der Waals surface area contributed by atoms with E-state index < -0.39 is 16.7 Å². The molecule has 0 heterocycles. The lowest BCUT2D eigenvalue weighted by atomic mass is 10.2. The highest BCUT2D eigenvalue weighted by atomic mass is 32.4. The predicted octanol–water partition coefficient (Wildman–Crippen LogP) is 1.28. The Balaban J connectivity index is 5.08. The van der Waals surface area contributed by atoms with E-state index >= 15 is 0 Å². The van der Waals surface area contributed by atoms with Gasteiger partial charge in [-0.05, 0) is 5.04 Å². The third kappa shape index (κ3) is 2.04. The zero-order chi connectivity index (χ0) is 9.50. The lowest BCUT2D eigenvalue weighted by molar-refractivity contribution is 0.604. The third-order valence-electron chi connectivity index (χ3n) is 2.52. The molecule has 0 unspecified atom stereocenters. The normalized spacial score (nSPS) is 15.1. The minimum absolute atomic E-state index is 0.194. The Morgan fingerprint density at radius 1 is 1.18 bits per heavy atom. The molecule has 0 radical (unpaired) electrons. The van der Waals surface area contributed by atoms with Gasteiger partial charge in [-0.3, -0.25) is 0 Å². The first kappa shape index (κ1) is 11.1. The average Bonchev–Trinajstić information content (AvgIpc) is 1.58. The highest BCUT2D eigenvalue weighted by Gasteiger charge is 2.45. The zero-order valence-electron chi connectivity index (χ0n) is 7.80. The lowest BCUT2D eigenvalue weighted by Crippen LogP contribution is -2.49. The highest BCUT2D eigenvalue weighted by molar-refractivity contribution is 8.20. The Morgan fingerprint density at radius 2 is 1.45 bits per heavy atom. The molecule has 0 rings (SSSR count). The monoisotopic (exact) mass is 195 g/mol. The maximum Gasteiger partial charge on any atom is 0.213 e. The summed E-state index contributed by atoms with van der Waals surface area (Å²) in [5.74, 6) is 0. The van der Waals surface area contributed by atoms with Gasteiger partial charge in [-0.25, -0.2) is 13.6 Å². The lowest BCUT2D eigenvalue weighted by Gasteiger charge is -2.33. The Kier molecular flexibility index (Phi) is 2.60. The van der Waals surface area contributed by atoms with Crippen molar-refractivity contribution in [3.63, 3.8) is 0 Å². The summed E-state index contributed by atoms with van der Waals surface area (Å²) in [5.41, 5.74) is 0. The zero-order valence-corrected chi connectivity index (χ0v) is 9.62. The van der Waals surface area contributed by atoms with Crippen molar-refractivity contribution in [3.05, 3.63) is 0 Å². The molecular formula is C6H17NO2SSi. The second kappa shape index (κ2) is 2.57. The Morgan fingerprint density at radius 3 is 1.45 bits per heavy atom. The average molecular weight is 195 g/mol. The molecule has 3 nitrogen and oxygen atoms in total. The first-order valence-corrected chi connectivity index (χ1v) is 8.79. The van der Waals surface area contributed by atoms with Crippen molar-refractivity contribution in [3.8, 4) is 0 Å².